The molecule has 0 aromatic heterocycles. The second-order valence-electron chi connectivity index (χ2n) is 6.33. The van der Waals surface area contributed by atoms with Crippen LogP contribution in [-0.2, 0) is 0 Å². The maximum Gasteiger partial charge on any atom is 0.126 e. The monoisotopic (exact) mass is 275 g/mol. The lowest BCUT2D eigenvalue weighted by molar-refractivity contribution is 0.372. The van der Waals surface area contributed by atoms with Gasteiger partial charge in [0.1, 0.15) is 5.75 Å². The minimum Gasteiger partial charge on any atom is -0.496 e. The fraction of sp³-hybridized carbons (Fsp3) is 0.667. The molecule has 1 fully saturated rings. The van der Waals surface area contributed by atoms with Crippen LogP contribution in [0.5, 0.6) is 5.75 Å². The molecule has 0 amide bonds. The first-order chi connectivity index (χ1) is 9.63. The second-order valence-corrected chi connectivity index (χ2v) is 6.33. The first kappa shape index (κ1) is 15.4. The largest absolute Gasteiger partial charge is 0.496 e. The van der Waals surface area contributed by atoms with Crippen molar-refractivity contribution in [2.45, 2.75) is 64.8 Å². The van der Waals surface area contributed by atoms with Gasteiger partial charge in [-0.3, -0.25) is 0 Å². The smallest absolute Gasteiger partial charge is 0.126 e. The normalized spacial score (nSPS) is 18.6. The number of rotatable bonds is 4. The summed E-state index contributed by atoms with van der Waals surface area (Å²) in [6.45, 7) is 4.24. The van der Waals surface area contributed by atoms with E-state index in [2.05, 4.69) is 26.0 Å². The van der Waals surface area contributed by atoms with Crippen molar-refractivity contribution in [2.75, 3.05) is 7.11 Å². The quantitative estimate of drug-likeness (QED) is 0.810. The summed E-state index contributed by atoms with van der Waals surface area (Å²) in [4.78, 5) is 0. The zero-order valence-electron chi connectivity index (χ0n) is 13.2. The Morgan fingerprint density at radius 3 is 2.40 bits per heavy atom. The van der Waals surface area contributed by atoms with Crippen LogP contribution in [0.3, 0.4) is 0 Å². The molecule has 1 saturated carbocycles. The third-order valence-corrected chi connectivity index (χ3v) is 4.87. The van der Waals surface area contributed by atoms with Gasteiger partial charge in [-0.25, -0.2) is 0 Å². The summed E-state index contributed by atoms with van der Waals surface area (Å²) in [5.74, 6) is 1.78. The molecule has 0 saturated heterocycles. The third kappa shape index (κ3) is 3.54. The van der Waals surface area contributed by atoms with Crippen molar-refractivity contribution in [3.05, 3.63) is 28.8 Å². The number of hydrogen-bond donors (Lipinski definition) is 1. The molecule has 0 heterocycles. The van der Waals surface area contributed by atoms with Crippen LogP contribution in [-0.4, -0.2) is 7.11 Å². The molecule has 2 rings (SSSR count). The lowest BCUT2D eigenvalue weighted by Gasteiger charge is -2.22. The van der Waals surface area contributed by atoms with Gasteiger partial charge < -0.3 is 10.5 Å². The Morgan fingerprint density at radius 2 is 1.80 bits per heavy atom. The molecular formula is C18H29NO. The summed E-state index contributed by atoms with van der Waals surface area (Å²) in [6.07, 6.45) is 9.35. The standard InChI is InChI=1S/C18H29NO/c1-13-10-11-16(18(20-3)14(13)2)17(19)12-15-8-6-4-5-7-9-15/h10-11,15,17H,4-9,12,19H2,1-3H3. The topological polar surface area (TPSA) is 35.2 Å². The number of ether oxygens (including phenoxy) is 1. The van der Waals surface area contributed by atoms with Gasteiger partial charge in [-0.05, 0) is 37.3 Å². The number of aryl methyl sites for hydroxylation is 1. The van der Waals surface area contributed by atoms with Gasteiger partial charge in [0.25, 0.3) is 0 Å². The van der Waals surface area contributed by atoms with Crippen LogP contribution in [0.15, 0.2) is 12.1 Å². The summed E-state index contributed by atoms with van der Waals surface area (Å²) in [5, 5.41) is 0. The van der Waals surface area contributed by atoms with E-state index in [1.807, 2.05) is 0 Å². The number of nitrogens with two attached hydrogens (primary N) is 1. The number of benzene rings is 1. The Hall–Kier alpha value is -1.02. The van der Waals surface area contributed by atoms with Crippen molar-refractivity contribution < 1.29 is 4.74 Å². The van der Waals surface area contributed by atoms with Crippen LogP contribution in [0.4, 0.5) is 0 Å². The Balaban J connectivity index is 2.12. The third-order valence-electron chi connectivity index (χ3n) is 4.87. The average molecular weight is 275 g/mol. The molecule has 1 aromatic rings. The van der Waals surface area contributed by atoms with Crippen molar-refractivity contribution in [2.24, 2.45) is 11.7 Å². The minimum absolute atomic E-state index is 0.104. The van der Waals surface area contributed by atoms with E-state index in [4.69, 9.17) is 10.5 Å². The molecule has 0 spiro atoms. The van der Waals surface area contributed by atoms with Crippen LogP contribution in [0.1, 0.15) is 67.7 Å². The molecular weight excluding hydrogens is 246 g/mol. The summed E-state index contributed by atoms with van der Waals surface area (Å²) in [5.41, 5.74) is 10.2. The highest BCUT2D eigenvalue weighted by atomic mass is 16.5. The van der Waals surface area contributed by atoms with Gasteiger partial charge in [-0.15, -0.1) is 0 Å². The van der Waals surface area contributed by atoms with Crippen molar-refractivity contribution in [1.29, 1.82) is 0 Å². The fourth-order valence-corrected chi connectivity index (χ4v) is 3.46. The Bertz CT molecular complexity index is 433. The molecule has 1 aliphatic carbocycles. The van der Waals surface area contributed by atoms with E-state index in [1.165, 1.54) is 55.2 Å². The van der Waals surface area contributed by atoms with Gasteiger partial charge in [-0.1, -0.05) is 50.7 Å². The molecule has 2 N–H and O–H groups in total. The summed E-state index contributed by atoms with van der Waals surface area (Å²) < 4.78 is 5.61. The maximum absolute atomic E-state index is 6.49. The molecule has 2 heteroatoms. The van der Waals surface area contributed by atoms with Crippen LogP contribution in [0.25, 0.3) is 0 Å². The molecule has 2 nitrogen and oxygen atoms in total. The van der Waals surface area contributed by atoms with Gasteiger partial charge in [0.2, 0.25) is 0 Å². The predicted molar refractivity (Wildman–Crippen MR) is 85.2 cm³/mol. The van der Waals surface area contributed by atoms with Crippen molar-refractivity contribution in [3.63, 3.8) is 0 Å². The first-order valence-electron chi connectivity index (χ1n) is 8.03. The zero-order chi connectivity index (χ0) is 14.5. The Labute approximate surface area is 123 Å². The summed E-state index contributed by atoms with van der Waals surface area (Å²) >= 11 is 0. The predicted octanol–water partition coefficient (Wildman–Crippen LogP) is 4.67. The van der Waals surface area contributed by atoms with E-state index in [0.29, 0.717) is 0 Å². The molecule has 1 unspecified atom stereocenters. The highest BCUT2D eigenvalue weighted by Crippen LogP contribution is 2.35. The highest BCUT2D eigenvalue weighted by molar-refractivity contribution is 5.46. The van der Waals surface area contributed by atoms with Gasteiger partial charge in [0.05, 0.1) is 7.11 Å². The van der Waals surface area contributed by atoms with Crippen LogP contribution >= 0.6 is 0 Å². The second kappa shape index (κ2) is 7.12. The molecule has 0 radical (unpaired) electrons. The highest BCUT2D eigenvalue weighted by Gasteiger charge is 2.20. The van der Waals surface area contributed by atoms with Crippen LogP contribution < -0.4 is 10.5 Å². The lowest BCUT2D eigenvalue weighted by Crippen LogP contribution is -2.17. The minimum atomic E-state index is 0.104. The molecule has 20 heavy (non-hydrogen) atoms. The van der Waals surface area contributed by atoms with Gasteiger partial charge in [0, 0.05) is 11.6 Å². The van der Waals surface area contributed by atoms with Crippen LogP contribution in [0, 0.1) is 19.8 Å². The molecule has 1 aliphatic rings. The number of methoxy groups -OCH3 is 1. The molecule has 0 bridgehead atoms. The first-order valence-corrected chi connectivity index (χ1v) is 8.03. The van der Waals surface area contributed by atoms with Gasteiger partial charge in [0.15, 0.2) is 0 Å². The zero-order valence-corrected chi connectivity index (χ0v) is 13.2. The van der Waals surface area contributed by atoms with Crippen LogP contribution in [0.2, 0.25) is 0 Å². The Kier molecular flexibility index (Phi) is 5.47. The van der Waals surface area contributed by atoms with Crippen molar-refractivity contribution >= 4 is 0 Å². The van der Waals surface area contributed by atoms with E-state index < -0.39 is 0 Å². The number of hydrogen-bond acceptors (Lipinski definition) is 2. The van der Waals surface area contributed by atoms with E-state index in [0.717, 1.165) is 18.1 Å². The summed E-state index contributed by atoms with van der Waals surface area (Å²) in [6, 6.07) is 4.43. The Morgan fingerprint density at radius 1 is 1.15 bits per heavy atom. The fourth-order valence-electron chi connectivity index (χ4n) is 3.46. The van der Waals surface area contributed by atoms with E-state index >= 15 is 0 Å². The molecule has 1 aromatic carbocycles. The van der Waals surface area contributed by atoms with Gasteiger partial charge in [-0.2, -0.15) is 0 Å². The lowest BCUT2D eigenvalue weighted by atomic mass is 9.88. The molecule has 1 atom stereocenters. The molecule has 112 valence electrons. The van der Waals surface area contributed by atoms with E-state index in [-0.39, 0.29) is 6.04 Å². The van der Waals surface area contributed by atoms with Crippen molar-refractivity contribution in [1.82, 2.24) is 0 Å². The summed E-state index contributed by atoms with van der Waals surface area (Å²) in [7, 11) is 1.75. The molecule has 0 aliphatic heterocycles. The maximum atomic E-state index is 6.49. The van der Waals surface area contributed by atoms with E-state index in [9.17, 15) is 0 Å². The van der Waals surface area contributed by atoms with Crippen molar-refractivity contribution in [3.8, 4) is 5.75 Å². The van der Waals surface area contributed by atoms with Gasteiger partial charge >= 0.3 is 0 Å². The average Bonchev–Trinajstić information content (AvgIpc) is 2.70. The SMILES string of the molecule is COc1c(C(N)CC2CCCCCC2)ccc(C)c1C. The van der Waals surface area contributed by atoms with E-state index in [1.54, 1.807) is 7.11 Å².